The molecule has 0 bridgehead atoms. The van der Waals surface area contributed by atoms with Gasteiger partial charge in [0, 0.05) is 19.4 Å². The molecule has 3 N–H and O–H groups in total. The van der Waals surface area contributed by atoms with Gasteiger partial charge >= 0.3 is 6.03 Å². The summed E-state index contributed by atoms with van der Waals surface area (Å²) in [5, 5.41) is 14.3. The number of methoxy groups -OCH3 is 1. The van der Waals surface area contributed by atoms with Gasteiger partial charge in [-0.15, -0.1) is 0 Å². The summed E-state index contributed by atoms with van der Waals surface area (Å²) in [4.78, 5) is 11.8. The lowest BCUT2D eigenvalue weighted by Crippen LogP contribution is -2.40. The molecule has 0 radical (unpaired) electrons. The fourth-order valence-electron chi connectivity index (χ4n) is 1.89. The lowest BCUT2D eigenvalue weighted by Gasteiger charge is -2.16. The number of urea groups is 1. The minimum atomic E-state index is -0.484. The van der Waals surface area contributed by atoms with Crippen LogP contribution >= 0.6 is 0 Å². The normalized spacial score (nSPS) is 12.3. The molecule has 21 heavy (non-hydrogen) atoms. The van der Waals surface area contributed by atoms with Gasteiger partial charge < -0.3 is 20.5 Å². The Balaban J connectivity index is 2.60. The fraction of sp³-hybridized carbons (Fsp3) is 0.533. The first kappa shape index (κ1) is 17.4. The lowest BCUT2D eigenvalue weighted by molar-refractivity contribution is 0.161. The number of halogens is 1. The Hall–Kier alpha value is -1.66. The maximum atomic E-state index is 13.8. The van der Waals surface area contributed by atoms with Crippen LogP contribution in [0.25, 0.3) is 0 Å². The van der Waals surface area contributed by atoms with Crippen molar-refractivity contribution in [2.45, 2.75) is 32.2 Å². The summed E-state index contributed by atoms with van der Waals surface area (Å²) in [6.45, 7) is 4.06. The highest BCUT2D eigenvalue weighted by molar-refractivity contribution is 5.89. The maximum absolute atomic E-state index is 13.8. The zero-order chi connectivity index (χ0) is 15.8. The molecule has 0 aliphatic rings. The Morgan fingerprint density at radius 2 is 2.14 bits per heavy atom. The summed E-state index contributed by atoms with van der Waals surface area (Å²) in [7, 11) is 1.55. The molecule has 2 amide bonds. The first-order valence-corrected chi connectivity index (χ1v) is 6.94. The molecule has 0 spiro atoms. The minimum Gasteiger partial charge on any atom is -0.394 e. The van der Waals surface area contributed by atoms with Crippen LogP contribution < -0.4 is 10.6 Å². The first-order valence-electron chi connectivity index (χ1n) is 6.94. The Morgan fingerprint density at radius 3 is 2.67 bits per heavy atom. The van der Waals surface area contributed by atoms with Crippen molar-refractivity contribution in [3.63, 3.8) is 0 Å². The SMILES string of the molecule is COCC[C@@H](CO)NC(=O)Nc1ccc(C(C)C)c(F)c1. The highest BCUT2D eigenvalue weighted by Gasteiger charge is 2.12. The Morgan fingerprint density at radius 1 is 1.43 bits per heavy atom. The van der Waals surface area contributed by atoms with Crippen molar-refractivity contribution in [2.75, 3.05) is 25.6 Å². The van der Waals surface area contributed by atoms with E-state index in [1.54, 1.807) is 19.2 Å². The number of ether oxygens (including phenoxy) is 1. The molecule has 0 unspecified atom stereocenters. The number of aliphatic hydroxyl groups excluding tert-OH is 1. The minimum absolute atomic E-state index is 0.0840. The summed E-state index contributed by atoms with van der Waals surface area (Å²) >= 11 is 0. The van der Waals surface area contributed by atoms with Crippen molar-refractivity contribution in [3.05, 3.63) is 29.6 Å². The van der Waals surface area contributed by atoms with Gasteiger partial charge in [0.05, 0.1) is 12.6 Å². The van der Waals surface area contributed by atoms with Gasteiger partial charge in [0.2, 0.25) is 0 Å². The fourth-order valence-corrected chi connectivity index (χ4v) is 1.89. The zero-order valence-corrected chi connectivity index (χ0v) is 12.6. The van der Waals surface area contributed by atoms with Crippen LogP contribution in [0, 0.1) is 5.82 Å². The highest BCUT2D eigenvalue weighted by atomic mass is 19.1. The van der Waals surface area contributed by atoms with Crippen molar-refractivity contribution in [3.8, 4) is 0 Å². The standard InChI is InChI=1S/C15H23FN2O3/c1-10(2)13-5-4-11(8-14(13)16)17-15(20)18-12(9-19)6-7-21-3/h4-5,8,10,12,19H,6-7,9H2,1-3H3,(H2,17,18,20)/t12-/m0/s1. The van der Waals surface area contributed by atoms with Gasteiger partial charge in [0.1, 0.15) is 5.82 Å². The van der Waals surface area contributed by atoms with Gasteiger partial charge in [-0.25, -0.2) is 9.18 Å². The smallest absolute Gasteiger partial charge is 0.319 e. The molecule has 1 atom stereocenters. The second kappa shape index (κ2) is 8.59. The molecule has 0 saturated heterocycles. The molecule has 118 valence electrons. The van der Waals surface area contributed by atoms with E-state index in [1.807, 2.05) is 13.8 Å². The van der Waals surface area contributed by atoms with Crippen LogP contribution in [0.3, 0.4) is 0 Å². The van der Waals surface area contributed by atoms with Gasteiger partial charge in [-0.1, -0.05) is 19.9 Å². The van der Waals surface area contributed by atoms with Crippen LogP contribution in [0.1, 0.15) is 31.7 Å². The molecule has 0 aliphatic heterocycles. The van der Waals surface area contributed by atoms with E-state index in [1.165, 1.54) is 6.07 Å². The first-order chi connectivity index (χ1) is 9.97. The van der Waals surface area contributed by atoms with Crippen LogP contribution in [0.2, 0.25) is 0 Å². The number of carbonyl (C=O) groups excluding carboxylic acids is 1. The van der Waals surface area contributed by atoms with E-state index in [9.17, 15) is 9.18 Å². The van der Waals surface area contributed by atoms with Crippen molar-refractivity contribution in [1.82, 2.24) is 5.32 Å². The highest BCUT2D eigenvalue weighted by Crippen LogP contribution is 2.21. The van der Waals surface area contributed by atoms with E-state index in [0.29, 0.717) is 24.3 Å². The molecule has 5 nitrogen and oxygen atoms in total. The number of amides is 2. The summed E-state index contributed by atoms with van der Waals surface area (Å²) in [6, 6.07) is 3.72. The molecule has 0 heterocycles. The van der Waals surface area contributed by atoms with Crippen molar-refractivity contribution >= 4 is 11.7 Å². The maximum Gasteiger partial charge on any atom is 0.319 e. The molecule has 6 heteroatoms. The second-order valence-corrected chi connectivity index (χ2v) is 5.15. The average molecular weight is 298 g/mol. The number of rotatable bonds is 7. The quantitative estimate of drug-likeness (QED) is 0.724. The predicted molar refractivity (Wildman–Crippen MR) is 80.0 cm³/mol. The Kier molecular flexibility index (Phi) is 7.11. The van der Waals surface area contributed by atoms with Gasteiger partial charge in [0.25, 0.3) is 0 Å². The number of aliphatic hydroxyl groups is 1. The van der Waals surface area contributed by atoms with Gasteiger partial charge in [0.15, 0.2) is 0 Å². The molecular formula is C15H23FN2O3. The van der Waals surface area contributed by atoms with Crippen molar-refractivity contribution in [2.24, 2.45) is 0 Å². The van der Waals surface area contributed by atoms with E-state index < -0.39 is 12.1 Å². The lowest BCUT2D eigenvalue weighted by atomic mass is 10.0. The summed E-state index contributed by atoms with van der Waals surface area (Å²) < 4.78 is 18.7. The molecule has 1 aromatic carbocycles. The van der Waals surface area contributed by atoms with E-state index in [2.05, 4.69) is 10.6 Å². The van der Waals surface area contributed by atoms with Gasteiger partial charge in [-0.3, -0.25) is 0 Å². The third-order valence-corrected chi connectivity index (χ3v) is 3.11. The van der Waals surface area contributed by atoms with Crippen LogP contribution in [0.4, 0.5) is 14.9 Å². The number of carbonyl (C=O) groups is 1. The molecule has 0 aromatic heterocycles. The average Bonchev–Trinajstić information content (AvgIpc) is 2.43. The number of nitrogens with one attached hydrogen (secondary N) is 2. The monoisotopic (exact) mass is 298 g/mol. The molecule has 1 rings (SSSR count). The molecule has 0 fully saturated rings. The van der Waals surface area contributed by atoms with Gasteiger partial charge in [-0.05, 0) is 30.0 Å². The predicted octanol–water partition coefficient (Wildman–Crippen LogP) is 2.47. The largest absolute Gasteiger partial charge is 0.394 e. The van der Waals surface area contributed by atoms with E-state index in [4.69, 9.17) is 9.84 Å². The number of hydrogen-bond acceptors (Lipinski definition) is 3. The second-order valence-electron chi connectivity index (χ2n) is 5.15. The summed E-state index contributed by atoms with van der Waals surface area (Å²) in [5.74, 6) is -0.262. The van der Waals surface area contributed by atoms with Crippen LogP contribution in [-0.4, -0.2) is 37.5 Å². The number of benzene rings is 1. The Bertz CT molecular complexity index is 466. The van der Waals surface area contributed by atoms with Crippen molar-refractivity contribution in [1.29, 1.82) is 0 Å². The molecule has 1 aromatic rings. The van der Waals surface area contributed by atoms with E-state index in [-0.39, 0.29) is 18.3 Å². The third-order valence-electron chi connectivity index (χ3n) is 3.11. The summed E-state index contributed by atoms with van der Waals surface area (Å²) in [5.41, 5.74) is 0.979. The van der Waals surface area contributed by atoms with E-state index in [0.717, 1.165) is 0 Å². The van der Waals surface area contributed by atoms with Crippen molar-refractivity contribution < 1.29 is 19.0 Å². The molecule has 0 saturated carbocycles. The zero-order valence-electron chi connectivity index (χ0n) is 12.6. The van der Waals surface area contributed by atoms with E-state index >= 15 is 0 Å². The topological polar surface area (TPSA) is 70.6 Å². The number of hydrogen-bond donors (Lipinski definition) is 3. The molecular weight excluding hydrogens is 275 g/mol. The Labute approximate surface area is 124 Å². The van der Waals surface area contributed by atoms with Crippen LogP contribution in [0.5, 0.6) is 0 Å². The molecule has 0 aliphatic carbocycles. The van der Waals surface area contributed by atoms with Crippen LogP contribution in [-0.2, 0) is 4.74 Å². The summed E-state index contributed by atoms with van der Waals surface area (Å²) in [6.07, 6.45) is 0.501. The van der Waals surface area contributed by atoms with Gasteiger partial charge in [-0.2, -0.15) is 0 Å². The number of anilines is 1. The van der Waals surface area contributed by atoms with Crippen LogP contribution in [0.15, 0.2) is 18.2 Å². The third kappa shape index (κ3) is 5.69.